The van der Waals surface area contributed by atoms with E-state index < -0.39 is 6.04 Å². The van der Waals surface area contributed by atoms with Gasteiger partial charge < -0.3 is 14.8 Å². The second kappa shape index (κ2) is 6.48. The summed E-state index contributed by atoms with van der Waals surface area (Å²) in [7, 11) is 3.23. The van der Waals surface area contributed by atoms with E-state index in [-0.39, 0.29) is 0 Å². The number of benzene rings is 2. The molecule has 2 rings (SSSR count). The normalized spacial score (nSPS) is 11.2. The van der Waals surface area contributed by atoms with E-state index >= 15 is 0 Å². The number of hydrogen-bond donors (Lipinski definition) is 1. The van der Waals surface area contributed by atoms with Crippen LogP contribution < -0.4 is 14.8 Å². The second-order valence-corrected chi connectivity index (χ2v) is 4.21. The second-order valence-electron chi connectivity index (χ2n) is 4.21. The van der Waals surface area contributed by atoms with E-state index in [9.17, 15) is 5.26 Å². The molecule has 2 aromatic carbocycles. The molecule has 0 fully saturated rings. The third-order valence-electron chi connectivity index (χ3n) is 2.96. The molecule has 0 aliphatic carbocycles. The molecule has 0 aromatic heterocycles. The standard InChI is InChI=1S/C16H16N2O2/c1-19-14-8-6-12(7-9-14)16(11-17)18-13-4-3-5-15(10-13)20-2/h3-10,16,18H,1-2H3. The summed E-state index contributed by atoms with van der Waals surface area (Å²) < 4.78 is 10.3. The van der Waals surface area contributed by atoms with Crippen molar-refractivity contribution in [1.82, 2.24) is 0 Å². The van der Waals surface area contributed by atoms with Gasteiger partial charge in [0, 0.05) is 11.8 Å². The highest BCUT2D eigenvalue weighted by atomic mass is 16.5. The fourth-order valence-electron chi connectivity index (χ4n) is 1.87. The molecular weight excluding hydrogens is 252 g/mol. The molecule has 0 spiro atoms. The molecule has 0 aliphatic rings. The average molecular weight is 268 g/mol. The number of methoxy groups -OCH3 is 2. The molecule has 1 atom stereocenters. The SMILES string of the molecule is COc1ccc(C(C#N)Nc2cccc(OC)c2)cc1. The highest BCUT2D eigenvalue weighted by molar-refractivity contribution is 5.51. The summed E-state index contributed by atoms with van der Waals surface area (Å²) >= 11 is 0. The summed E-state index contributed by atoms with van der Waals surface area (Å²) in [6.07, 6.45) is 0. The van der Waals surface area contributed by atoms with Gasteiger partial charge in [0.25, 0.3) is 0 Å². The zero-order chi connectivity index (χ0) is 14.4. The third-order valence-corrected chi connectivity index (χ3v) is 2.96. The minimum Gasteiger partial charge on any atom is -0.497 e. The largest absolute Gasteiger partial charge is 0.497 e. The Bertz CT molecular complexity index is 603. The van der Waals surface area contributed by atoms with Crippen molar-refractivity contribution >= 4 is 5.69 Å². The number of hydrogen-bond acceptors (Lipinski definition) is 4. The molecular formula is C16H16N2O2. The van der Waals surface area contributed by atoms with Crippen LogP contribution in [-0.4, -0.2) is 14.2 Å². The molecule has 4 nitrogen and oxygen atoms in total. The molecule has 1 unspecified atom stereocenters. The first-order valence-corrected chi connectivity index (χ1v) is 6.21. The maximum Gasteiger partial charge on any atom is 0.140 e. The first-order valence-electron chi connectivity index (χ1n) is 6.21. The smallest absolute Gasteiger partial charge is 0.140 e. The zero-order valence-electron chi connectivity index (χ0n) is 11.5. The Morgan fingerprint density at radius 2 is 1.70 bits per heavy atom. The van der Waals surface area contributed by atoms with E-state index in [2.05, 4.69) is 11.4 Å². The van der Waals surface area contributed by atoms with Crippen LogP contribution in [0.25, 0.3) is 0 Å². The Balaban J connectivity index is 2.17. The molecule has 0 aliphatic heterocycles. The zero-order valence-corrected chi connectivity index (χ0v) is 11.5. The monoisotopic (exact) mass is 268 g/mol. The highest BCUT2D eigenvalue weighted by Crippen LogP contribution is 2.23. The van der Waals surface area contributed by atoms with E-state index in [1.165, 1.54) is 0 Å². The van der Waals surface area contributed by atoms with Crippen LogP contribution >= 0.6 is 0 Å². The van der Waals surface area contributed by atoms with Crippen molar-refractivity contribution in [2.75, 3.05) is 19.5 Å². The summed E-state index contributed by atoms with van der Waals surface area (Å²) in [5.74, 6) is 1.52. The Kier molecular flexibility index (Phi) is 4.46. The molecule has 1 N–H and O–H groups in total. The number of nitrogens with zero attached hydrogens (tertiary/aromatic N) is 1. The Labute approximate surface area is 118 Å². The maximum absolute atomic E-state index is 9.32. The van der Waals surface area contributed by atoms with Gasteiger partial charge in [-0.2, -0.15) is 5.26 Å². The quantitative estimate of drug-likeness (QED) is 0.903. The lowest BCUT2D eigenvalue weighted by molar-refractivity contribution is 0.414. The summed E-state index contributed by atoms with van der Waals surface area (Å²) in [5, 5.41) is 12.5. The predicted molar refractivity (Wildman–Crippen MR) is 78.0 cm³/mol. The Morgan fingerprint density at radius 1 is 1.00 bits per heavy atom. The summed E-state index contributed by atoms with van der Waals surface area (Å²) in [6.45, 7) is 0. The first kappa shape index (κ1) is 13.8. The van der Waals surface area contributed by atoms with Crippen LogP contribution in [0.1, 0.15) is 11.6 Å². The van der Waals surface area contributed by atoms with Gasteiger partial charge in [-0.25, -0.2) is 0 Å². The topological polar surface area (TPSA) is 54.3 Å². The van der Waals surface area contributed by atoms with Gasteiger partial charge in [-0.05, 0) is 29.8 Å². The third kappa shape index (κ3) is 3.21. The fraction of sp³-hybridized carbons (Fsp3) is 0.188. The first-order chi connectivity index (χ1) is 9.76. The van der Waals surface area contributed by atoms with E-state index in [1.54, 1.807) is 14.2 Å². The van der Waals surface area contributed by atoms with Gasteiger partial charge in [-0.3, -0.25) is 0 Å². The van der Waals surface area contributed by atoms with E-state index in [0.717, 1.165) is 22.7 Å². The van der Waals surface area contributed by atoms with E-state index in [4.69, 9.17) is 9.47 Å². The van der Waals surface area contributed by atoms with Crippen LogP contribution in [-0.2, 0) is 0 Å². The van der Waals surface area contributed by atoms with Crippen molar-refractivity contribution in [3.63, 3.8) is 0 Å². The van der Waals surface area contributed by atoms with E-state index in [0.29, 0.717) is 0 Å². The van der Waals surface area contributed by atoms with Crippen molar-refractivity contribution in [2.24, 2.45) is 0 Å². The van der Waals surface area contributed by atoms with Gasteiger partial charge in [0.05, 0.1) is 20.3 Å². The van der Waals surface area contributed by atoms with Crippen molar-refractivity contribution < 1.29 is 9.47 Å². The number of nitrogens with one attached hydrogen (secondary N) is 1. The summed E-state index contributed by atoms with van der Waals surface area (Å²) in [6, 6.07) is 16.7. The molecule has 2 aromatic rings. The number of ether oxygens (including phenoxy) is 2. The lowest BCUT2D eigenvalue weighted by Gasteiger charge is -2.14. The molecule has 0 saturated heterocycles. The minimum absolute atomic E-state index is 0.423. The summed E-state index contributed by atoms with van der Waals surface area (Å²) in [5.41, 5.74) is 1.72. The minimum atomic E-state index is -0.423. The maximum atomic E-state index is 9.32. The molecule has 0 saturated carbocycles. The predicted octanol–water partition coefficient (Wildman–Crippen LogP) is 3.38. The number of nitriles is 1. The van der Waals surface area contributed by atoms with Gasteiger partial charge >= 0.3 is 0 Å². The fourth-order valence-corrected chi connectivity index (χ4v) is 1.87. The number of rotatable bonds is 5. The van der Waals surface area contributed by atoms with Crippen molar-refractivity contribution in [2.45, 2.75) is 6.04 Å². The Morgan fingerprint density at radius 3 is 2.30 bits per heavy atom. The van der Waals surface area contributed by atoms with Crippen LogP contribution in [0, 0.1) is 11.3 Å². The van der Waals surface area contributed by atoms with Crippen LogP contribution in [0.2, 0.25) is 0 Å². The summed E-state index contributed by atoms with van der Waals surface area (Å²) in [4.78, 5) is 0. The van der Waals surface area contributed by atoms with Gasteiger partial charge in [0.2, 0.25) is 0 Å². The molecule has 102 valence electrons. The molecule has 0 bridgehead atoms. The van der Waals surface area contributed by atoms with Gasteiger partial charge in [0.15, 0.2) is 0 Å². The molecule has 0 radical (unpaired) electrons. The van der Waals surface area contributed by atoms with Crippen LogP contribution in [0.3, 0.4) is 0 Å². The van der Waals surface area contributed by atoms with E-state index in [1.807, 2.05) is 48.5 Å². The molecule has 20 heavy (non-hydrogen) atoms. The lowest BCUT2D eigenvalue weighted by atomic mass is 10.1. The van der Waals surface area contributed by atoms with Crippen molar-refractivity contribution in [3.8, 4) is 17.6 Å². The molecule has 4 heteroatoms. The van der Waals surface area contributed by atoms with Crippen LogP contribution in [0.5, 0.6) is 11.5 Å². The van der Waals surface area contributed by atoms with Gasteiger partial charge in [0.1, 0.15) is 17.5 Å². The lowest BCUT2D eigenvalue weighted by Crippen LogP contribution is -2.08. The molecule has 0 heterocycles. The van der Waals surface area contributed by atoms with Gasteiger partial charge in [-0.1, -0.05) is 18.2 Å². The van der Waals surface area contributed by atoms with Crippen LogP contribution in [0.4, 0.5) is 5.69 Å². The average Bonchev–Trinajstić information content (AvgIpc) is 2.53. The molecule has 0 amide bonds. The van der Waals surface area contributed by atoms with Crippen molar-refractivity contribution in [1.29, 1.82) is 5.26 Å². The van der Waals surface area contributed by atoms with Crippen LogP contribution in [0.15, 0.2) is 48.5 Å². The highest BCUT2D eigenvalue weighted by Gasteiger charge is 2.10. The van der Waals surface area contributed by atoms with Crippen molar-refractivity contribution in [3.05, 3.63) is 54.1 Å². The number of anilines is 1. The van der Waals surface area contributed by atoms with Gasteiger partial charge in [-0.15, -0.1) is 0 Å². The Hall–Kier alpha value is -2.67.